The predicted molar refractivity (Wildman–Crippen MR) is 59.8 cm³/mol. The summed E-state index contributed by atoms with van der Waals surface area (Å²) in [6.07, 6.45) is -4.44. The predicted octanol–water partition coefficient (Wildman–Crippen LogP) is 3.92. The van der Waals surface area contributed by atoms with Crippen molar-refractivity contribution in [3.63, 3.8) is 0 Å². The van der Waals surface area contributed by atoms with Crippen LogP contribution in [0.25, 0.3) is 0 Å². The Hall–Kier alpha value is -1.13. The second-order valence-electron chi connectivity index (χ2n) is 5.44. The number of nitrogens with zero attached hydrogens (tertiary/aromatic N) is 2. The van der Waals surface area contributed by atoms with E-state index in [4.69, 9.17) is 0 Å². The van der Waals surface area contributed by atoms with E-state index in [0.717, 1.165) is 0 Å². The fourth-order valence-electron chi connectivity index (χ4n) is 1.43. The molecule has 1 aromatic rings. The zero-order valence-electron chi connectivity index (χ0n) is 10.7. The molecule has 0 fully saturated rings. The molecule has 0 amide bonds. The fraction of sp³-hybridized carbons (Fsp3) is 0.667. The maximum absolute atomic E-state index is 12.7. The van der Waals surface area contributed by atoms with Gasteiger partial charge < -0.3 is 0 Å². The molecule has 0 unspecified atom stereocenters. The number of rotatable bonds is 1. The molecule has 0 aliphatic carbocycles. The Morgan fingerprint density at radius 1 is 1.06 bits per heavy atom. The van der Waals surface area contributed by atoms with Gasteiger partial charge in [0.15, 0.2) is 5.69 Å². The van der Waals surface area contributed by atoms with Crippen molar-refractivity contribution in [3.8, 4) is 0 Å². The van der Waals surface area contributed by atoms with Crippen LogP contribution in [0.3, 0.4) is 0 Å². The van der Waals surface area contributed by atoms with Crippen LogP contribution in [0.4, 0.5) is 13.2 Å². The first-order valence-corrected chi connectivity index (χ1v) is 5.48. The average molecular weight is 246 g/mol. The van der Waals surface area contributed by atoms with Crippen LogP contribution in [-0.4, -0.2) is 10.2 Å². The van der Waals surface area contributed by atoms with E-state index in [0.29, 0.717) is 5.69 Å². The van der Waals surface area contributed by atoms with Crippen LogP contribution in [0.2, 0.25) is 0 Å². The highest BCUT2D eigenvalue weighted by atomic mass is 19.4. The summed E-state index contributed by atoms with van der Waals surface area (Å²) in [6.45, 7) is 9.13. The van der Waals surface area contributed by atoms with E-state index in [1.807, 2.05) is 20.8 Å². The van der Waals surface area contributed by atoms with Gasteiger partial charge in [-0.05, 0) is 17.5 Å². The highest BCUT2D eigenvalue weighted by Crippen LogP contribution is 2.34. The van der Waals surface area contributed by atoms with E-state index >= 15 is 0 Å². The van der Waals surface area contributed by atoms with Gasteiger partial charge in [0.1, 0.15) is 0 Å². The lowest BCUT2D eigenvalue weighted by molar-refractivity contribution is -0.142. The lowest BCUT2D eigenvalue weighted by Gasteiger charge is -2.21. The summed E-state index contributed by atoms with van der Waals surface area (Å²) in [6, 6.07) is 1.51. The zero-order chi connectivity index (χ0) is 13.4. The molecule has 0 saturated carbocycles. The Labute approximate surface area is 99.3 Å². The van der Waals surface area contributed by atoms with Crippen LogP contribution < -0.4 is 0 Å². The number of alkyl halides is 3. The molecule has 0 aliphatic heterocycles. The van der Waals surface area contributed by atoms with E-state index < -0.39 is 11.9 Å². The smallest absolute Gasteiger partial charge is 0.164 e. The van der Waals surface area contributed by atoms with E-state index in [1.165, 1.54) is 6.07 Å². The minimum Gasteiger partial charge on any atom is -0.164 e. The maximum Gasteiger partial charge on any atom is 0.435 e. The van der Waals surface area contributed by atoms with Crippen molar-refractivity contribution in [2.24, 2.45) is 0 Å². The van der Waals surface area contributed by atoms with Crippen molar-refractivity contribution in [3.05, 3.63) is 23.0 Å². The monoisotopic (exact) mass is 246 g/mol. The van der Waals surface area contributed by atoms with Crippen molar-refractivity contribution in [1.82, 2.24) is 10.2 Å². The molecule has 0 atom stereocenters. The summed E-state index contributed by atoms with van der Waals surface area (Å²) in [7, 11) is 0. The molecule has 2 nitrogen and oxygen atoms in total. The third kappa shape index (κ3) is 3.17. The minimum absolute atomic E-state index is 0.206. The fourth-order valence-corrected chi connectivity index (χ4v) is 1.43. The van der Waals surface area contributed by atoms with Gasteiger partial charge in [-0.25, -0.2) is 0 Å². The highest BCUT2D eigenvalue weighted by molar-refractivity contribution is 5.29. The molecule has 17 heavy (non-hydrogen) atoms. The first-order chi connectivity index (χ1) is 7.53. The second kappa shape index (κ2) is 4.27. The number of hydrogen-bond donors (Lipinski definition) is 0. The summed E-state index contributed by atoms with van der Waals surface area (Å²) in [4.78, 5) is 0. The number of hydrogen-bond acceptors (Lipinski definition) is 2. The van der Waals surface area contributed by atoms with Crippen LogP contribution in [0.1, 0.15) is 57.5 Å². The van der Waals surface area contributed by atoms with Gasteiger partial charge in [-0.3, -0.25) is 0 Å². The average Bonchev–Trinajstić information content (AvgIpc) is 2.14. The van der Waals surface area contributed by atoms with Gasteiger partial charge in [-0.15, -0.1) is 5.10 Å². The summed E-state index contributed by atoms with van der Waals surface area (Å²) >= 11 is 0. The van der Waals surface area contributed by atoms with Crippen molar-refractivity contribution < 1.29 is 13.2 Å². The van der Waals surface area contributed by atoms with E-state index in [2.05, 4.69) is 10.2 Å². The van der Waals surface area contributed by atoms with Crippen LogP contribution in [0, 0.1) is 0 Å². The first-order valence-electron chi connectivity index (χ1n) is 5.48. The molecule has 0 aliphatic rings. The molecule has 0 radical (unpaired) electrons. The normalized spacial score (nSPS) is 13.2. The van der Waals surface area contributed by atoms with Crippen molar-refractivity contribution >= 4 is 0 Å². The second-order valence-corrected chi connectivity index (χ2v) is 5.44. The molecule has 1 heterocycles. The van der Waals surface area contributed by atoms with Crippen LogP contribution >= 0.6 is 0 Å². The molecular formula is C12H17F3N2. The van der Waals surface area contributed by atoms with Gasteiger partial charge in [0.05, 0.1) is 5.69 Å². The van der Waals surface area contributed by atoms with E-state index in [-0.39, 0.29) is 16.9 Å². The molecule has 0 spiro atoms. The van der Waals surface area contributed by atoms with Gasteiger partial charge in [0.2, 0.25) is 0 Å². The standard InChI is InChI=1S/C12H17F3N2/c1-7(2)8-6-9(11(3,4)5)16-17-10(8)12(13,14)15/h6-7H,1-5H3. The number of halogens is 3. The molecule has 96 valence electrons. The Morgan fingerprint density at radius 3 is 1.94 bits per heavy atom. The van der Waals surface area contributed by atoms with Gasteiger partial charge in [-0.2, -0.15) is 18.3 Å². The van der Waals surface area contributed by atoms with Crippen LogP contribution in [0.5, 0.6) is 0 Å². The molecule has 5 heteroatoms. The molecule has 0 N–H and O–H groups in total. The molecule has 1 aromatic heterocycles. The topological polar surface area (TPSA) is 25.8 Å². The molecule has 0 saturated heterocycles. The van der Waals surface area contributed by atoms with Crippen LogP contribution in [0.15, 0.2) is 6.07 Å². The van der Waals surface area contributed by atoms with Crippen LogP contribution in [-0.2, 0) is 11.6 Å². The molecule has 0 bridgehead atoms. The Balaban J connectivity index is 3.38. The quantitative estimate of drug-likeness (QED) is 0.750. The van der Waals surface area contributed by atoms with E-state index in [1.54, 1.807) is 13.8 Å². The Kier molecular flexibility index (Phi) is 3.50. The third-order valence-electron chi connectivity index (χ3n) is 2.48. The van der Waals surface area contributed by atoms with Crippen molar-refractivity contribution in [2.75, 3.05) is 0 Å². The summed E-state index contributed by atoms with van der Waals surface area (Å²) in [5, 5.41) is 7.05. The first kappa shape index (κ1) is 13.9. The number of aromatic nitrogens is 2. The Bertz CT molecular complexity index is 403. The lowest BCUT2D eigenvalue weighted by atomic mass is 9.89. The largest absolute Gasteiger partial charge is 0.435 e. The van der Waals surface area contributed by atoms with Gasteiger partial charge in [0, 0.05) is 5.41 Å². The van der Waals surface area contributed by atoms with Gasteiger partial charge in [0.25, 0.3) is 0 Å². The third-order valence-corrected chi connectivity index (χ3v) is 2.48. The Morgan fingerprint density at radius 2 is 1.59 bits per heavy atom. The zero-order valence-corrected chi connectivity index (χ0v) is 10.7. The summed E-state index contributed by atoms with van der Waals surface area (Å²) < 4.78 is 38.2. The summed E-state index contributed by atoms with van der Waals surface area (Å²) in [5.74, 6) is -0.233. The van der Waals surface area contributed by atoms with Crippen molar-refractivity contribution in [1.29, 1.82) is 0 Å². The van der Waals surface area contributed by atoms with Gasteiger partial charge in [-0.1, -0.05) is 34.6 Å². The molecular weight excluding hydrogens is 229 g/mol. The highest BCUT2D eigenvalue weighted by Gasteiger charge is 2.37. The SMILES string of the molecule is CC(C)c1cc(C(C)(C)C)nnc1C(F)(F)F. The van der Waals surface area contributed by atoms with E-state index in [9.17, 15) is 13.2 Å². The lowest BCUT2D eigenvalue weighted by Crippen LogP contribution is -2.20. The maximum atomic E-state index is 12.7. The molecule has 1 rings (SSSR count). The van der Waals surface area contributed by atoms with Gasteiger partial charge >= 0.3 is 6.18 Å². The summed E-state index contributed by atoms with van der Waals surface area (Å²) in [5.41, 5.74) is -0.395. The minimum atomic E-state index is -4.44. The van der Waals surface area contributed by atoms with Crippen molar-refractivity contribution in [2.45, 2.75) is 52.1 Å². The molecule has 0 aromatic carbocycles.